The predicted octanol–water partition coefficient (Wildman–Crippen LogP) is 1.85. The van der Waals surface area contributed by atoms with Gasteiger partial charge in [0.25, 0.3) is 5.91 Å². The van der Waals surface area contributed by atoms with Crippen molar-refractivity contribution in [3.63, 3.8) is 0 Å². The second-order valence-corrected chi connectivity index (χ2v) is 6.38. The zero-order valence-electron chi connectivity index (χ0n) is 15.3. The van der Waals surface area contributed by atoms with E-state index in [-0.39, 0.29) is 5.91 Å². The number of aryl methyl sites for hydroxylation is 1. The van der Waals surface area contributed by atoms with Crippen LogP contribution in [0.3, 0.4) is 0 Å². The van der Waals surface area contributed by atoms with E-state index in [0.717, 1.165) is 37.2 Å². The number of hydrogen-bond acceptors (Lipinski definition) is 6. The molecule has 0 unspecified atom stereocenters. The van der Waals surface area contributed by atoms with Crippen LogP contribution in [0.2, 0.25) is 0 Å². The number of benzene rings is 1. The first-order valence-corrected chi connectivity index (χ1v) is 9.22. The zero-order chi connectivity index (χ0) is 19.2. The van der Waals surface area contributed by atoms with Crippen molar-refractivity contribution in [1.82, 2.24) is 40.1 Å². The third-order valence-corrected chi connectivity index (χ3v) is 4.49. The molecule has 1 N–H and O–H groups in total. The molecule has 1 aromatic carbocycles. The Labute approximate surface area is 161 Å². The molecule has 0 aliphatic carbocycles. The molecule has 0 radical (unpaired) electrons. The van der Waals surface area contributed by atoms with Crippen molar-refractivity contribution < 1.29 is 4.79 Å². The number of carbonyl (C=O) groups excluding carboxylic acids is 1. The van der Waals surface area contributed by atoms with Crippen LogP contribution >= 0.6 is 0 Å². The molecule has 9 nitrogen and oxygen atoms in total. The minimum absolute atomic E-state index is 0.130. The Hall–Kier alpha value is -3.62. The Morgan fingerprint density at radius 2 is 1.89 bits per heavy atom. The molecule has 3 heterocycles. The maximum absolute atomic E-state index is 12.5. The number of fused-ring (bicyclic) bond motifs is 1. The molecule has 0 fully saturated rings. The summed E-state index contributed by atoms with van der Waals surface area (Å²) in [5.41, 5.74) is 2.07. The van der Waals surface area contributed by atoms with Crippen LogP contribution in [-0.4, -0.2) is 47.3 Å². The van der Waals surface area contributed by atoms with E-state index in [1.807, 2.05) is 47.0 Å². The molecular weight excluding hydrogens is 356 g/mol. The zero-order valence-corrected chi connectivity index (χ0v) is 15.3. The lowest BCUT2D eigenvalue weighted by Gasteiger charge is -2.09. The highest BCUT2D eigenvalue weighted by Crippen LogP contribution is 2.12. The summed E-state index contributed by atoms with van der Waals surface area (Å²) < 4.78 is 3.50. The Kier molecular flexibility index (Phi) is 5.32. The molecule has 0 saturated heterocycles. The molecule has 1 amide bonds. The van der Waals surface area contributed by atoms with Gasteiger partial charge in [0.2, 0.25) is 0 Å². The quantitative estimate of drug-likeness (QED) is 0.471. The Morgan fingerprint density at radius 1 is 1.00 bits per heavy atom. The molecule has 28 heavy (non-hydrogen) atoms. The average molecular weight is 376 g/mol. The third-order valence-electron chi connectivity index (χ3n) is 4.49. The van der Waals surface area contributed by atoms with Crippen molar-refractivity contribution in [3.05, 3.63) is 66.4 Å². The summed E-state index contributed by atoms with van der Waals surface area (Å²) >= 11 is 0. The summed E-state index contributed by atoms with van der Waals surface area (Å²) in [6.07, 6.45) is 7.20. The molecule has 142 valence electrons. The predicted molar refractivity (Wildman–Crippen MR) is 102 cm³/mol. The standard InChI is InChI=1S/C19H20N8O/c28-19(15-8-3-4-9-16(15)27-14-21-24-25-27)20-12-6-1-2-10-17-22-23-18-11-5-7-13-26(17)18/h3-5,7-9,11,13-14H,1-2,6,10,12H2,(H,20,28). The van der Waals surface area contributed by atoms with Crippen LogP contribution < -0.4 is 5.32 Å². The first-order chi connectivity index (χ1) is 13.8. The fourth-order valence-electron chi connectivity index (χ4n) is 3.08. The summed E-state index contributed by atoms with van der Waals surface area (Å²) in [7, 11) is 0. The van der Waals surface area contributed by atoms with Crippen LogP contribution in [0.5, 0.6) is 0 Å². The van der Waals surface area contributed by atoms with E-state index in [1.54, 1.807) is 6.07 Å². The molecule has 0 atom stereocenters. The summed E-state index contributed by atoms with van der Waals surface area (Å²) in [5, 5.41) is 22.5. The Morgan fingerprint density at radius 3 is 2.79 bits per heavy atom. The molecule has 4 aromatic rings. The second kappa shape index (κ2) is 8.38. The lowest BCUT2D eigenvalue weighted by molar-refractivity contribution is 0.0952. The lowest BCUT2D eigenvalue weighted by Crippen LogP contribution is -2.25. The molecule has 0 aliphatic heterocycles. The van der Waals surface area contributed by atoms with Gasteiger partial charge in [-0.2, -0.15) is 4.68 Å². The van der Waals surface area contributed by atoms with Crippen LogP contribution in [-0.2, 0) is 6.42 Å². The highest BCUT2D eigenvalue weighted by Gasteiger charge is 2.12. The molecule has 0 bridgehead atoms. The van der Waals surface area contributed by atoms with Crippen molar-refractivity contribution in [3.8, 4) is 5.69 Å². The van der Waals surface area contributed by atoms with Gasteiger partial charge in [-0.25, -0.2) is 0 Å². The van der Waals surface area contributed by atoms with Gasteiger partial charge in [0.05, 0.1) is 11.3 Å². The minimum atomic E-state index is -0.130. The van der Waals surface area contributed by atoms with E-state index in [1.165, 1.54) is 11.0 Å². The summed E-state index contributed by atoms with van der Waals surface area (Å²) in [5.74, 6) is 0.838. The largest absolute Gasteiger partial charge is 0.352 e. The summed E-state index contributed by atoms with van der Waals surface area (Å²) in [4.78, 5) is 12.5. The molecular formula is C19H20N8O. The van der Waals surface area contributed by atoms with Gasteiger partial charge in [-0.15, -0.1) is 15.3 Å². The number of rotatable bonds is 8. The molecule has 9 heteroatoms. The molecule has 0 spiro atoms. The van der Waals surface area contributed by atoms with Gasteiger partial charge in [0.15, 0.2) is 5.65 Å². The van der Waals surface area contributed by atoms with Gasteiger partial charge in [0.1, 0.15) is 12.2 Å². The van der Waals surface area contributed by atoms with E-state index < -0.39 is 0 Å². The molecule has 3 aromatic heterocycles. The number of carbonyl (C=O) groups is 1. The molecule has 0 aliphatic rings. The monoisotopic (exact) mass is 376 g/mol. The van der Waals surface area contributed by atoms with Gasteiger partial charge < -0.3 is 5.32 Å². The van der Waals surface area contributed by atoms with Crippen LogP contribution in [0.25, 0.3) is 11.3 Å². The third kappa shape index (κ3) is 3.88. The van der Waals surface area contributed by atoms with Gasteiger partial charge >= 0.3 is 0 Å². The van der Waals surface area contributed by atoms with E-state index >= 15 is 0 Å². The summed E-state index contributed by atoms with van der Waals surface area (Å²) in [6, 6.07) is 13.1. The Bertz CT molecular complexity index is 1060. The maximum Gasteiger partial charge on any atom is 0.253 e. The average Bonchev–Trinajstić information content (AvgIpc) is 3.41. The molecule has 0 saturated carbocycles. The number of nitrogens with one attached hydrogen (secondary N) is 1. The fraction of sp³-hybridized carbons (Fsp3) is 0.263. The van der Waals surface area contributed by atoms with Crippen LogP contribution in [0.4, 0.5) is 0 Å². The van der Waals surface area contributed by atoms with Crippen molar-refractivity contribution in [2.24, 2.45) is 0 Å². The van der Waals surface area contributed by atoms with Gasteiger partial charge in [-0.1, -0.05) is 24.6 Å². The number of nitrogens with zero attached hydrogens (tertiary/aromatic N) is 7. The van der Waals surface area contributed by atoms with Crippen molar-refractivity contribution in [2.45, 2.75) is 25.7 Å². The SMILES string of the molecule is O=C(NCCCCCc1nnc2ccccn12)c1ccccc1-n1cnnn1. The molecule has 4 rings (SSSR count). The number of amides is 1. The fourth-order valence-corrected chi connectivity index (χ4v) is 3.08. The van der Waals surface area contributed by atoms with Crippen LogP contribution in [0.1, 0.15) is 35.4 Å². The maximum atomic E-state index is 12.5. The van der Waals surface area contributed by atoms with Crippen molar-refractivity contribution in [2.75, 3.05) is 6.54 Å². The number of aromatic nitrogens is 7. The van der Waals surface area contributed by atoms with Gasteiger partial charge in [-0.3, -0.25) is 9.20 Å². The number of tetrazole rings is 1. The lowest BCUT2D eigenvalue weighted by atomic mass is 10.1. The highest BCUT2D eigenvalue weighted by atomic mass is 16.1. The van der Waals surface area contributed by atoms with Gasteiger partial charge in [0, 0.05) is 19.2 Å². The summed E-state index contributed by atoms with van der Waals surface area (Å²) in [6.45, 7) is 0.614. The number of unbranched alkanes of at least 4 members (excludes halogenated alkanes) is 2. The number of para-hydroxylation sites is 1. The van der Waals surface area contributed by atoms with E-state index in [4.69, 9.17) is 0 Å². The Balaban J connectivity index is 1.24. The van der Waals surface area contributed by atoms with E-state index in [2.05, 4.69) is 31.0 Å². The minimum Gasteiger partial charge on any atom is -0.352 e. The highest BCUT2D eigenvalue weighted by molar-refractivity contribution is 5.97. The smallest absolute Gasteiger partial charge is 0.253 e. The van der Waals surface area contributed by atoms with Gasteiger partial charge in [-0.05, 0) is 47.5 Å². The normalized spacial score (nSPS) is 11.0. The van der Waals surface area contributed by atoms with E-state index in [9.17, 15) is 4.79 Å². The van der Waals surface area contributed by atoms with Crippen LogP contribution in [0, 0.1) is 0 Å². The topological polar surface area (TPSA) is 103 Å². The van der Waals surface area contributed by atoms with Crippen molar-refractivity contribution in [1.29, 1.82) is 0 Å². The number of hydrogen-bond donors (Lipinski definition) is 1. The number of pyridine rings is 1. The van der Waals surface area contributed by atoms with Crippen LogP contribution in [0.15, 0.2) is 55.0 Å². The van der Waals surface area contributed by atoms with Crippen molar-refractivity contribution >= 4 is 11.6 Å². The first kappa shape index (κ1) is 17.8. The second-order valence-electron chi connectivity index (χ2n) is 6.38. The first-order valence-electron chi connectivity index (χ1n) is 9.22. The van der Waals surface area contributed by atoms with E-state index in [0.29, 0.717) is 17.8 Å².